The molecule has 1 fully saturated rings. The minimum absolute atomic E-state index is 0.0522. The maximum Gasteiger partial charge on any atom is 0.239 e. The van der Waals surface area contributed by atoms with E-state index in [2.05, 4.69) is 37.1 Å². The van der Waals surface area contributed by atoms with E-state index in [-0.39, 0.29) is 17.4 Å². The summed E-state index contributed by atoms with van der Waals surface area (Å²) in [5, 5.41) is 3.14. The van der Waals surface area contributed by atoms with Gasteiger partial charge in [-0.2, -0.15) is 0 Å². The molecule has 1 saturated heterocycles. The van der Waals surface area contributed by atoms with Crippen molar-refractivity contribution in [3.8, 4) is 11.5 Å². The number of rotatable bonds is 7. The van der Waals surface area contributed by atoms with Crippen molar-refractivity contribution in [3.05, 3.63) is 23.8 Å². The quantitative estimate of drug-likeness (QED) is 0.792. The minimum atomic E-state index is -0.213. The van der Waals surface area contributed by atoms with E-state index in [0.717, 1.165) is 43.0 Å². The third kappa shape index (κ3) is 4.93. The van der Waals surface area contributed by atoms with Gasteiger partial charge in [-0.3, -0.25) is 9.69 Å². The van der Waals surface area contributed by atoms with Crippen LogP contribution in [0.3, 0.4) is 0 Å². The van der Waals surface area contributed by atoms with Crippen LogP contribution in [0.4, 0.5) is 0 Å². The molecule has 0 spiro atoms. The molecule has 1 aromatic carbocycles. The van der Waals surface area contributed by atoms with E-state index >= 15 is 0 Å². The average molecular weight is 376 g/mol. The first kappa shape index (κ1) is 20.0. The fourth-order valence-electron chi connectivity index (χ4n) is 3.50. The number of unbranched alkanes of at least 4 members (excludes halogenated alkanes) is 1. The fourth-order valence-corrected chi connectivity index (χ4v) is 3.50. The SMILES string of the molecule is CCCCN1CCOC[C@H]1C(=O)NCC(C)(C)c1ccc2c(c1)OCCO2. The normalized spacial score (nSPS) is 20.3. The highest BCUT2D eigenvalue weighted by Gasteiger charge is 2.31. The van der Waals surface area contributed by atoms with Crippen molar-refractivity contribution in [2.24, 2.45) is 0 Å². The number of fused-ring (bicyclic) bond motifs is 1. The Hall–Kier alpha value is -1.79. The molecular formula is C21H32N2O4. The number of ether oxygens (including phenoxy) is 3. The monoisotopic (exact) mass is 376 g/mol. The molecule has 2 aliphatic rings. The lowest BCUT2D eigenvalue weighted by Crippen LogP contribution is -2.55. The van der Waals surface area contributed by atoms with Gasteiger partial charge in [0.25, 0.3) is 0 Å². The molecule has 1 atom stereocenters. The first-order chi connectivity index (χ1) is 13.0. The second-order valence-electron chi connectivity index (χ2n) is 7.94. The third-order valence-corrected chi connectivity index (χ3v) is 5.37. The van der Waals surface area contributed by atoms with Crippen molar-refractivity contribution < 1.29 is 19.0 Å². The van der Waals surface area contributed by atoms with Crippen LogP contribution in [-0.2, 0) is 14.9 Å². The van der Waals surface area contributed by atoms with E-state index in [9.17, 15) is 4.79 Å². The largest absolute Gasteiger partial charge is 0.486 e. The van der Waals surface area contributed by atoms with Crippen LogP contribution in [-0.4, -0.2) is 62.9 Å². The van der Waals surface area contributed by atoms with Crippen molar-refractivity contribution in [1.82, 2.24) is 10.2 Å². The molecule has 1 N–H and O–H groups in total. The number of nitrogens with one attached hydrogen (secondary N) is 1. The molecule has 27 heavy (non-hydrogen) atoms. The van der Waals surface area contributed by atoms with Crippen LogP contribution in [0.2, 0.25) is 0 Å². The number of morpholine rings is 1. The highest BCUT2D eigenvalue weighted by molar-refractivity contribution is 5.82. The number of nitrogens with zero attached hydrogens (tertiary/aromatic N) is 1. The van der Waals surface area contributed by atoms with Crippen molar-refractivity contribution >= 4 is 5.91 Å². The number of amides is 1. The number of carbonyl (C=O) groups is 1. The summed E-state index contributed by atoms with van der Waals surface area (Å²) in [5.41, 5.74) is 0.907. The third-order valence-electron chi connectivity index (χ3n) is 5.37. The first-order valence-corrected chi connectivity index (χ1v) is 10.0. The fraction of sp³-hybridized carbons (Fsp3) is 0.667. The Balaban J connectivity index is 1.61. The summed E-state index contributed by atoms with van der Waals surface area (Å²) in [6.07, 6.45) is 2.23. The van der Waals surface area contributed by atoms with Crippen molar-refractivity contribution in [2.75, 3.05) is 46.1 Å². The number of benzene rings is 1. The maximum absolute atomic E-state index is 12.8. The molecule has 6 nitrogen and oxygen atoms in total. The van der Waals surface area contributed by atoms with Crippen LogP contribution >= 0.6 is 0 Å². The molecule has 0 saturated carbocycles. The van der Waals surface area contributed by atoms with Gasteiger partial charge in [0.1, 0.15) is 19.3 Å². The van der Waals surface area contributed by atoms with Gasteiger partial charge >= 0.3 is 0 Å². The van der Waals surface area contributed by atoms with E-state index in [1.807, 2.05) is 12.1 Å². The van der Waals surface area contributed by atoms with Crippen molar-refractivity contribution in [1.29, 1.82) is 0 Å². The zero-order valence-corrected chi connectivity index (χ0v) is 16.8. The van der Waals surface area contributed by atoms with Crippen LogP contribution in [0.15, 0.2) is 18.2 Å². The summed E-state index contributed by atoms with van der Waals surface area (Å²) < 4.78 is 16.9. The Kier molecular flexibility index (Phi) is 6.60. The van der Waals surface area contributed by atoms with Crippen molar-refractivity contribution in [3.63, 3.8) is 0 Å². The molecular weight excluding hydrogens is 344 g/mol. The summed E-state index contributed by atoms with van der Waals surface area (Å²) in [7, 11) is 0. The lowest BCUT2D eigenvalue weighted by molar-refractivity contribution is -0.132. The van der Waals surface area contributed by atoms with Gasteiger partial charge in [-0.15, -0.1) is 0 Å². The summed E-state index contributed by atoms with van der Waals surface area (Å²) >= 11 is 0. The summed E-state index contributed by atoms with van der Waals surface area (Å²) in [6.45, 7) is 11.1. The van der Waals surface area contributed by atoms with Crippen LogP contribution in [0.1, 0.15) is 39.2 Å². The smallest absolute Gasteiger partial charge is 0.239 e. The Bertz CT molecular complexity index is 647. The Morgan fingerprint density at radius 3 is 2.78 bits per heavy atom. The van der Waals surface area contributed by atoms with Gasteiger partial charge in [-0.05, 0) is 30.7 Å². The maximum atomic E-state index is 12.8. The van der Waals surface area contributed by atoms with Crippen LogP contribution in [0.25, 0.3) is 0 Å². The van der Waals surface area contributed by atoms with Crippen molar-refractivity contribution in [2.45, 2.75) is 45.1 Å². The van der Waals surface area contributed by atoms with Gasteiger partial charge in [0.2, 0.25) is 5.91 Å². The lowest BCUT2D eigenvalue weighted by Gasteiger charge is -2.35. The van der Waals surface area contributed by atoms with E-state index in [1.54, 1.807) is 0 Å². The number of hydrogen-bond donors (Lipinski definition) is 1. The van der Waals surface area contributed by atoms with E-state index in [1.165, 1.54) is 0 Å². The van der Waals surface area contributed by atoms with Crippen LogP contribution in [0, 0.1) is 0 Å². The van der Waals surface area contributed by atoms with Gasteiger partial charge in [-0.25, -0.2) is 0 Å². The summed E-state index contributed by atoms with van der Waals surface area (Å²) in [5.74, 6) is 1.62. The predicted octanol–water partition coefficient (Wildman–Crippen LogP) is 2.35. The summed E-state index contributed by atoms with van der Waals surface area (Å²) in [4.78, 5) is 15.1. The molecule has 0 unspecified atom stereocenters. The second kappa shape index (κ2) is 8.93. The molecule has 3 rings (SSSR count). The topological polar surface area (TPSA) is 60.0 Å². The molecule has 0 bridgehead atoms. The van der Waals surface area contributed by atoms with E-state index in [4.69, 9.17) is 14.2 Å². The van der Waals surface area contributed by atoms with Crippen LogP contribution < -0.4 is 14.8 Å². The molecule has 1 amide bonds. The minimum Gasteiger partial charge on any atom is -0.486 e. The molecule has 2 aliphatic heterocycles. The zero-order chi connectivity index (χ0) is 19.3. The van der Waals surface area contributed by atoms with Gasteiger partial charge in [0.05, 0.1) is 13.2 Å². The molecule has 0 aromatic heterocycles. The van der Waals surface area contributed by atoms with Gasteiger partial charge in [0, 0.05) is 18.5 Å². The van der Waals surface area contributed by atoms with Gasteiger partial charge in [-0.1, -0.05) is 33.3 Å². The van der Waals surface area contributed by atoms with E-state index < -0.39 is 0 Å². The zero-order valence-electron chi connectivity index (χ0n) is 16.8. The molecule has 1 aromatic rings. The summed E-state index contributed by atoms with van der Waals surface area (Å²) in [6, 6.07) is 5.84. The highest BCUT2D eigenvalue weighted by Crippen LogP contribution is 2.34. The van der Waals surface area contributed by atoms with Crippen LogP contribution in [0.5, 0.6) is 11.5 Å². The van der Waals surface area contributed by atoms with E-state index in [0.29, 0.717) is 33.0 Å². The first-order valence-electron chi connectivity index (χ1n) is 10.0. The molecule has 0 radical (unpaired) electrons. The molecule has 0 aliphatic carbocycles. The van der Waals surface area contributed by atoms with Gasteiger partial charge < -0.3 is 19.5 Å². The predicted molar refractivity (Wildman–Crippen MR) is 105 cm³/mol. The average Bonchev–Trinajstić information content (AvgIpc) is 2.70. The Labute approximate surface area is 162 Å². The Morgan fingerprint density at radius 2 is 2.00 bits per heavy atom. The molecule has 6 heteroatoms. The number of hydrogen-bond acceptors (Lipinski definition) is 5. The molecule has 2 heterocycles. The second-order valence-corrected chi connectivity index (χ2v) is 7.94. The lowest BCUT2D eigenvalue weighted by atomic mass is 9.84. The molecule has 150 valence electrons. The van der Waals surface area contributed by atoms with Gasteiger partial charge in [0.15, 0.2) is 11.5 Å². The number of carbonyl (C=O) groups excluding carboxylic acids is 1. The Morgan fingerprint density at radius 1 is 1.22 bits per heavy atom. The standard InChI is InChI=1S/C21H32N2O4/c1-4-5-8-23-9-10-25-14-17(23)20(24)22-15-21(2,3)16-6-7-18-19(13-16)27-12-11-26-18/h6-7,13,17H,4-5,8-12,14-15H2,1-3H3,(H,22,24)/t17-/m0/s1. The highest BCUT2D eigenvalue weighted by atomic mass is 16.6.